The molecule has 1 aromatic heterocycles. The van der Waals surface area contributed by atoms with Gasteiger partial charge in [0.1, 0.15) is 5.56 Å². The molecule has 0 aromatic carbocycles. The molecular weight excluding hydrogens is 222 g/mol. The van der Waals surface area contributed by atoms with Crippen molar-refractivity contribution in [3.8, 4) is 0 Å². The summed E-state index contributed by atoms with van der Waals surface area (Å²) in [7, 11) is 5.54. The van der Waals surface area contributed by atoms with Crippen molar-refractivity contribution >= 4 is 5.91 Å². The third-order valence-electron chi connectivity index (χ3n) is 2.55. The van der Waals surface area contributed by atoms with Crippen molar-refractivity contribution in [2.75, 3.05) is 27.2 Å². The van der Waals surface area contributed by atoms with E-state index in [4.69, 9.17) is 4.52 Å². The molecule has 1 N–H and O–H groups in total. The van der Waals surface area contributed by atoms with Gasteiger partial charge in [0, 0.05) is 13.6 Å². The molecule has 6 heteroatoms. The lowest BCUT2D eigenvalue weighted by molar-refractivity contribution is 0.0949. The van der Waals surface area contributed by atoms with E-state index in [-0.39, 0.29) is 11.5 Å². The number of carbonyl (C=O) groups is 1. The van der Waals surface area contributed by atoms with E-state index in [0.29, 0.717) is 12.2 Å². The van der Waals surface area contributed by atoms with E-state index >= 15 is 0 Å². The molecule has 96 valence electrons. The van der Waals surface area contributed by atoms with Crippen molar-refractivity contribution < 1.29 is 9.32 Å². The quantitative estimate of drug-likeness (QED) is 0.735. The first-order chi connectivity index (χ1) is 7.93. The summed E-state index contributed by atoms with van der Waals surface area (Å²) in [6, 6.07) is 0. The zero-order valence-electron chi connectivity index (χ0n) is 10.7. The van der Waals surface area contributed by atoms with Crippen LogP contribution in [0.4, 0.5) is 0 Å². The fourth-order valence-corrected chi connectivity index (χ4v) is 1.49. The van der Waals surface area contributed by atoms with Gasteiger partial charge in [-0.25, -0.2) is 9.53 Å². The minimum absolute atomic E-state index is 0.0948. The van der Waals surface area contributed by atoms with Gasteiger partial charge in [-0.2, -0.15) is 0 Å². The molecular formula is C11H19N3O3. The van der Waals surface area contributed by atoms with Gasteiger partial charge in [0.05, 0.1) is 5.69 Å². The van der Waals surface area contributed by atoms with Crippen LogP contribution in [0.15, 0.2) is 9.32 Å². The summed E-state index contributed by atoms with van der Waals surface area (Å²) in [5, 5.41) is 2.71. The Balaban J connectivity index is 2.56. The Labute approximate surface area is 100 Å². The lowest BCUT2D eigenvalue weighted by Gasteiger charge is -2.09. The minimum atomic E-state index is -0.588. The molecule has 1 aromatic rings. The highest BCUT2D eigenvalue weighted by Gasteiger charge is 2.18. The maximum Gasteiger partial charge on any atom is 0.370 e. The van der Waals surface area contributed by atoms with Crippen LogP contribution < -0.4 is 10.9 Å². The largest absolute Gasteiger partial charge is 0.370 e. The van der Waals surface area contributed by atoms with Crippen LogP contribution in [0.25, 0.3) is 0 Å². The smallest absolute Gasteiger partial charge is 0.352 e. The van der Waals surface area contributed by atoms with Crippen LogP contribution in [0, 0.1) is 6.92 Å². The molecule has 0 aliphatic heterocycles. The van der Waals surface area contributed by atoms with Crippen molar-refractivity contribution in [1.82, 2.24) is 15.0 Å². The average molecular weight is 241 g/mol. The van der Waals surface area contributed by atoms with Gasteiger partial charge in [0.2, 0.25) is 0 Å². The molecule has 17 heavy (non-hydrogen) atoms. The lowest BCUT2D eigenvalue weighted by Crippen LogP contribution is -2.30. The van der Waals surface area contributed by atoms with Crippen molar-refractivity contribution in [2.24, 2.45) is 7.05 Å². The van der Waals surface area contributed by atoms with E-state index in [2.05, 4.69) is 5.32 Å². The van der Waals surface area contributed by atoms with Crippen LogP contribution in [0.5, 0.6) is 0 Å². The molecule has 0 bridgehead atoms. The summed E-state index contributed by atoms with van der Waals surface area (Å²) in [6.07, 6.45) is 0.843. The van der Waals surface area contributed by atoms with E-state index in [1.165, 1.54) is 4.74 Å². The number of amides is 1. The molecule has 0 atom stereocenters. The summed E-state index contributed by atoms with van der Waals surface area (Å²) in [4.78, 5) is 25.2. The lowest BCUT2D eigenvalue weighted by atomic mass is 10.2. The second-order valence-corrected chi connectivity index (χ2v) is 4.25. The molecule has 0 unspecified atom stereocenters. The predicted molar refractivity (Wildman–Crippen MR) is 64.2 cm³/mol. The first-order valence-corrected chi connectivity index (χ1v) is 5.53. The van der Waals surface area contributed by atoms with Gasteiger partial charge in [0.25, 0.3) is 5.91 Å². The normalized spacial score (nSPS) is 10.9. The van der Waals surface area contributed by atoms with E-state index < -0.39 is 5.63 Å². The summed E-state index contributed by atoms with van der Waals surface area (Å²) in [5.74, 6) is -0.365. The maximum absolute atomic E-state index is 11.7. The summed E-state index contributed by atoms with van der Waals surface area (Å²) in [6.45, 7) is 3.12. The highest BCUT2D eigenvalue weighted by molar-refractivity contribution is 5.94. The predicted octanol–water partition coefficient (Wildman–Crippen LogP) is -0.0318. The number of carbonyl (C=O) groups excluding carboxylic acids is 1. The highest BCUT2D eigenvalue weighted by atomic mass is 16.5. The van der Waals surface area contributed by atoms with Gasteiger partial charge >= 0.3 is 5.63 Å². The zero-order chi connectivity index (χ0) is 13.0. The van der Waals surface area contributed by atoms with Crippen molar-refractivity contribution in [2.45, 2.75) is 13.3 Å². The van der Waals surface area contributed by atoms with Crippen molar-refractivity contribution in [3.05, 3.63) is 21.7 Å². The molecule has 1 rings (SSSR count). The number of hydrogen-bond acceptors (Lipinski definition) is 4. The molecule has 0 saturated carbocycles. The molecule has 0 aliphatic rings. The monoisotopic (exact) mass is 241 g/mol. The second kappa shape index (κ2) is 5.67. The standard InChI is InChI=1S/C11H19N3O3/c1-8-9(11(16)17-14(8)4)10(15)12-6-5-7-13(2)3/h5-7H2,1-4H3,(H,12,15). The Bertz CT molecular complexity index is 445. The molecule has 0 spiro atoms. The Kier molecular flexibility index (Phi) is 4.51. The average Bonchev–Trinajstić information content (AvgIpc) is 2.48. The summed E-state index contributed by atoms with van der Waals surface area (Å²) >= 11 is 0. The Morgan fingerprint density at radius 3 is 2.59 bits per heavy atom. The Hall–Kier alpha value is -1.56. The molecule has 6 nitrogen and oxygen atoms in total. The summed E-state index contributed by atoms with van der Waals surface area (Å²) < 4.78 is 6.11. The van der Waals surface area contributed by atoms with Gasteiger partial charge in [-0.05, 0) is 34.0 Å². The van der Waals surface area contributed by atoms with Crippen LogP contribution in [-0.4, -0.2) is 42.7 Å². The van der Waals surface area contributed by atoms with Gasteiger partial charge in [-0.1, -0.05) is 0 Å². The first kappa shape index (κ1) is 13.5. The van der Waals surface area contributed by atoms with Crippen molar-refractivity contribution in [1.29, 1.82) is 0 Å². The van der Waals surface area contributed by atoms with Crippen molar-refractivity contribution in [3.63, 3.8) is 0 Å². The van der Waals surface area contributed by atoms with Crippen LogP contribution in [-0.2, 0) is 7.05 Å². The second-order valence-electron chi connectivity index (χ2n) is 4.25. The maximum atomic E-state index is 11.7. The van der Waals surface area contributed by atoms with Gasteiger partial charge in [0.15, 0.2) is 0 Å². The molecule has 0 saturated heterocycles. The molecule has 1 heterocycles. The highest BCUT2D eigenvalue weighted by Crippen LogP contribution is 2.01. The number of aromatic nitrogens is 1. The van der Waals surface area contributed by atoms with E-state index in [0.717, 1.165) is 13.0 Å². The van der Waals surface area contributed by atoms with Crippen LogP contribution in [0.2, 0.25) is 0 Å². The SMILES string of the molecule is Cc1c(C(=O)NCCCN(C)C)c(=O)on1C. The zero-order valence-corrected chi connectivity index (χ0v) is 10.7. The van der Waals surface area contributed by atoms with E-state index in [1.807, 2.05) is 19.0 Å². The van der Waals surface area contributed by atoms with E-state index in [1.54, 1.807) is 14.0 Å². The Morgan fingerprint density at radius 2 is 2.12 bits per heavy atom. The van der Waals surface area contributed by atoms with Crippen LogP contribution in [0.3, 0.4) is 0 Å². The fraction of sp³-hybridized carbons (Fsp3) is 0.636. The number of nitrogens with one attached hydrogen (secondary N) is 1. The third kappa shape index (κ3) is 3.45. The Morgan fingerprint density at radius 1 is 1.47 bits per heavy atom. The number of nitrogens with zero attached hydrogens (tertiary/aromatic N) is 2. The molecule has 0 aliphatic carbocycles. The van der Waals surface area contributed by atoms with Gasteiger partial charge in [-0.3, -0.25) is 4.79 Å². The number of hydrogen-bond donors (Lipinski definition) is 1. The fourth-order valence-electron chi connectivity index (χ4n) is 1.49. The van der Waals surface area contributed by atoms with Crippen LogP contribution in [0.1, 0.15) is 22.5 Å². The van der Waals surface area contributed by atoms with Gasteiger partial charge < -0.3 is 14.7 Å². The van der Waals surface area contributed by atoms with E-state index in [9.17, 15) is 9.59 Å². The first-order valence-electron chi connectivity index (χ1n) is 5.53. The van der Waals surface area contributed by atoms with Gasteiger partial charge in [-0.15, -0.1) is 0 Å². The molecule has 1 amide bonds. The molecule has 0 radical (unpaired) electrons. The number of rotatable bonds is 5. The topological polar surface area (TPSA) is 67.5 Å². The van der Waals surface area contributed by atoms with Crippen LogP contribution >= 0.6 is 0 Å². The molecule has 0 fully saturated rings. The minimum Gasteiger partial charge on any atom is -0.352 e. The third-order valence-corrected chi connectivity index (χ3v) is 2.55. The number of aryl methyl sites for hydroxylation is 1. The summed E-state index contributed by atoms with van der Waals surface area (Å²) in [5.41, 5.74) is 0.0487.